The topological polar surface area (TPSA) is 87.8 Å². The summed E-state index contributed by atoms with van der Waals surface area (Å²) in [6.45, 7) is 0. The molecule has 6 nitrogen and oxygen atoms in total. The quantitative estimate of drug-likeness (QED) is 0.319. The van der Waals surface area contributed by atoms with Crippen LogP contribution >= 0.6 is 0 Å². The first-order valence-corrected chi connectivity index (χ1v) is 7.56. The Morgan fingerprint density at radius 2 is 1.68 bits per heavy atom. The highest BCUT2D eigenvalue weighted by molar-refractivity contribution is 6.09. The summed E-state index contributed by atoms with van der Waals surface area (Å²) in [5.41, 5.74) is 2.05. The van der Waals surface area contributed by atoms with Crippen molar-refractivity contribution in [2.45, 2.75) is 0 Å². The second-order valence-electron chi connectivity index (χ2n) is 5.28. The fourth-order valence-electron chi connectivity index (χ4n) is 2.25. The molecule has 0 fully saturated rings. The molecule has 0 aliphatic rings. The zero-order chi connectivity index (χ0) is 17.6. The molecule has 0 saturated heterocycles. The highest BCUT2D eigenvalue weighted by Crippen LogP contribution is 2.21. The molecule has 0 aliphatic heterocycles. The van der Waals surface area contributed by atoms with Gasteiger partial charge in [0.2, 0.25) is 0 Å². The van der Waals surface area contributed by atoms with E-state index in [2.05, 4.69) is 10.3 Å². The minimum atomic E-state index is -0.440. The Labute approximate surface area is 144 Å². The number of nitrogens with one attached hydrogen (secondary N) is 1. The third-order valence-corrected chi connectivity index (χ3v) is 3.46. The molecular formula is C19H15N3O3. The highest BCUT2D eigenvalue weighted by Gasteiger charge is 2.09. The summed E-state index contributed by atoms with van der Waals surface area (Å²) >= 11 is 0. The minimum absolute atomic E-state index is 0.00189. The molecule has 0 saturated carbocycles. The molecule has 0 unspecified atom stereocenters. The van der Waals surface area contributed by atoms with E-state index in [0.29, 0.717) is 17.2 Å². The van der Waals surface area contributed by atoms with E-state index in [-0.39, 0.29) is 11.4 Å². The lowest BCUT2D eigenvalue weighted by Crippen LogP contribution is -2.13. The Hall–Kier alpha value is -3.67. The van der Waals surface area contributed by atoms with E-state index in [1.54, 1.807) is 36.4 Å². The maximum atomic E-state index is 11.0. The van der Waals surface area contributed by atoms with Crippen LogP contribution < -0.4 is 5.32 Å². The summed E-state index contributed by atoms with van der Waals surface area (Å²) in [7, 11) is 0. The first kappa shape index (κ1) is 16.2. The molecule has 0 aromatic heterocycles. The normalized spacial score (nSPS) is 11.1. The van der Waals surface area contributed by atoms with E-state index < -0.39 is 4.92 Å². The summed E-state index contributed by atoms with van der Waals surface area (Å²) in [6, 6.07) is 22.2. The summed E-state index contributed by atoms with van der Waals surface area (Å²) in [6.07, 6.45) is 0. The van der Waals surface area contributed by atoms with Crippen molar-refractivity contribution in [1.82, 2.24) is 0 Å². The summed E-state index contributed by atoms with van der Waals surface area (Å²) in [5, 5.41) is 23.5. The zero-order valence-corrected chi connectivity index (χ0v) is 13.2. The second-order valence-corrected chi connectivity index (χ2v) is 5.28. The van der Waals surface area contributed by atoms with Crippen molar-refractivity contribution in [3.05, 3.63) is 94.5 Å². The van der Waals surface area contributed by atoms with Crippen molar-refractivity contribution in [1.29, 1.82) is 0 Å². The van der Waals surface area contributed by atoms with Crippen LogP contribution in [0.4, 0.5) is 17.1 Å². The van der Waals surface area contributed by atoms with Crippen molar-refractivity contribution in [2.24, 2.45) is 4.99 Å². The molecule has 3 rings (SSSR count). The summed E-state index contributed by atoms with van der Waals surface area (Å²) in [5.74, 6) is 0.707. The average molecular weight is 333 g/mol. The van der Waals surface area contributed by atoms with Gasteiger partial charge in [-0.3, -0.25) is 10.1 Å². The number of nitro groups is 1. The molecule has 0 amide bonds. The van der Waals surface area contributed by atoms with Gasteiger partial charge in [0, 0.05) is 23.4 Å². The van der Waals surface area contributed by atoms with Gasteiger partial charge in [0.1, 0.15) is 11.6 Å². The number of aliphatic imine (C=N–C) groups is 1. The van der Waals surface area contributed by atoms with Crippen LogP contribution in [0.25, 0.3) is 0 Å². The van der Waals surface area contributed by atoms with Crippen molar-refractivity contribution in [2.75, 3.05) is 5.32 Å². The van der Waals surface area contributed by atoms with Crippen LogP contribution in [0.5, 0.6) is 5.75 Å². The summed E-state index contributed by atoms with van der Waals surface area (Å²) in [4.78, 5) is 15.1. The summed E-state index contributed by atoms with van der Waals surface area (Å²) < 4.78 is 0. The average Bonchev–Trinajstić information content (AvgIpc) is 2.64. The fourth-order valence-corrected chi connectivity index (χ4v) is 2.25. The Morgan fingerprint density at radius 1 is 0.960 bits per heavy atom. The number of nitrogens with zero attached hydrogens (tertiary/aromatic N) is 2. The standard InChI is InChI=1S/C19H15N3O3/c23-18-11-9-15(10-12-18)20-19(14-5-2-1-3-6-14)21-16-7-4-8-17(13-16)22(24)25/h1-13,23H,(H,20,21). The number of anilines is 1. The predicted octanol–water partition coefficient (Wildman–Crippen LogP) is 4.49. The Morgan fingerprint density at radius 3 is 2.36 bits per heavy atom. The molecule has 0 radical (unpaired) electrons. The van der Waals surface area contributed by atoms with Crippen LogP contribution in [0, 0.1) is 10.1 Å². The number of hydrogen-bond donors (Lipinski definition) is 2. The number of amidine groups is 1. The Kier molecular flexibility index (Phi) is 4.71. The van der Waals surface area contributed by atoms with Gasteiger partial charge < -0.3 is 10.4 Å². The molecule has 2 N–H and O–H groups in total. The molecule has 3 aromatic carbocycles. The molecule has 0 aliphatic carbocycles. The van der Waals surface area contributed by atoms with Gasteiger partial charge in [-0.15, -0.1) is 0 Å². The zero-order valence-electron chi connectivity index (χ0n) is 13.2. The Balaban J connectivity index is 1.98. The van der Waals surface area contributed by atoms with Crippen LogP contribution in [0.15, 0.2) is 83.9 Å². The van der Waals surface area contributed by atoms with Crippen LogP contribution in [0.2, 0.25) is 0 Å². The molecule has 124 valence electrons. The molecule has 0 heterocycles. The van der Waals surface area contributed by atoms with E-state index >= 15 is 0 Å². The van der Waals surface area contributed by atoms with Gasteiger partial charge in [-0.25, -0.2) is 4.99 Å². The van der Waals surface area contributed by atoms with Crippen molar-refractivity contribution < 1.29 is 10.0 Å². The number of aromatic hydroxyl groups is 1. The smallest absolute Gasteiger partial charge is 0.271 e. The first-order chi connectivity index (χ1) is 12.1. The number of hydrogen-bond acceptors (Lipinski definition) is 4. The number of nitro benzene ring substituents is 1. The van der Waals surface area contributed by atoms with Crippen molar-refractivity contribution in [3.63, 3.8) is 0 Å². The third kappa shape index (κ3) is 4.20. The van der Waals surface area contributed by atoms with Gasteiger partial charge in [-0.2, -0.15) is 0 Å². The van der Waals surface area contributed by atoms with Gasteiger partial charge in [0.25, 0.3) is 5.69 Å². The number of phenolic OH excluding ortho intramolecular Hbond substituents is 1. The first-order valence-electron chi connectivity index (χ1n) is 7.56. The molecule has 6 heteroatoms. The molecule has 0 spiro atoms. The lowest BCUT2D eigenvalue weighted by Gasteiger charge is -2.10. The van der Waals surface area contributed by atoms with Gasteiger partial charge in [0.05, 0.1) is 10.6 Å². The minimum Gasteiger partial charge on any atom is -0.508 e. The predicted molar refractivity (Wildman–Crippen MR) is 97.5 cm³/mol. The molecule has 3 aromatic rings. The molecule has 0 atom stereocenters. The lowest BCUT2D eigenvalue weighted by molar-refractivity contribution is -0.384. The lowest BCUT2D eigenvalue weighted by atomic mass is 10.2. The molecule has 0 bridgehead atoms. The SMILES string of the molecule is O=[N+]([O-])c1cccc(N/C(=N/c2ccc(O)cc2)c2ccccc2)c1. The van der Waals surface area contributed by atoms with Crippen LogP contribution in [0.1, 0.15) is 5.56 Å². The number of rotatable bonds is 4. The molecule has 25 heavy (non-hydrogen) atoms. The maximum absolute atomic E-state index is 11.0. The van der Waals surface area contributed by atoms with Crippen LogP contribution in [0.3, 0.4) is 0 Å². The second kappa shape index (κ2) is 7.27. The van der Waals surface area contributed by atoms with E-state index in [1.807, 2.05) is 30.3 Å². The largest absolute Gasteiger partial charge is 0.508 e. The maximum Gasteiger partial charge on any atom is 0.271 e. The highest BCUT2D eigenvalue weighted by atomic mass is 16.6. The Bertz CT molecular complexity index is 907. The molecular weight excluding hydrogens is 318 g/mol. The van der Waals surface area contributed by atoms with Crippen LogP contribution in [-0.2, 0) is 0 Å². The van der Waals surface area contributed by atoms with E-state index in [4.69, 9.17) is 0 Å². The van der Waals surface area contributed by atoms with Crippen molar-refractivity contribution >= 4 is 22.9 Å². The van der Waals surface area contributed by atoms with Crippen molar-refractivity contribution in [3.8, 4) is 5.75 Å². The fraction of sp³-hybridized carbons (Fsp3) is 0. The monoisotopic (exact) mass is 333 g/mol. The van der Waals surface area contributed by atoms with Gasteiger partial charge >= 0.3 is 0 Å². The third-order valence-electron chi connectivity index (χ3n) is 3.46. The van der Waals surface area contributed by atoms with E-state index in [1.165, 1.54) is 12.1 Å². The van der Waals surface area contributed by atoms with E-state index in [9.17, 15) is 15.2 Å². The number of phenols is 1. The number of benzene rings is 3. The van der Waals surface area contributed by atoms with Gasteiger partial charge in [0.15, 0.2) is 0 Å². The van der Waals surface area contributed by atoms with Gasteiger partial charge in [-0.05, 0) is 30.3 Å². The van der Waals surface area contributed by atoms with Crippen LogP contribution in [-0.4, -0.2) is 15.9 Å². The van der Waals surface area contributed by atoms with Gasteiger partial charge in [-0.1, -0.05) is 36.4 Å². The number of non-ortho nitro benzene ring substituents is 1. The van der Waals surface area contributed by atoms with E-state index in [0.717, 1.165) is 5.56 Å².